The van der Waals surface area contributed by atoms with Crippen molar-refractivity contribution in [3.05, 3.63) is 35.9 Å². The first-order valence-corrected chi connectivity index (χ1v) is 4.86. The average molecular weight is 191 g/mol. The van der Waals surface area contributed by atoms with Crippen LogP contribution in [0.15, 0.2) is 30.3 Å². The molecule has 0 saturated carbocycles. The maximum atomic E-state index is 11.5. The molecule has 0 saturated heterocycles. The van der Waals surface area contributed by atoms with Crippen molar-refractivity contribution in [2.45, 2.75) is 19.3 Å². The van der Waals surface area contributed by atoms with Gasteiger partial charge in [0.1, 0.15) is 0 Å². The average Bonchev–Trinajstić information content (AvgIpc) is 2.19. The van der Waals surface area contributed by atoms with Crippen molar-refractivity contribution in [3.63, 3.8) is 0 Å². The van der Waals surface area contributed by atoms with Gasteiger partial charge in [-0.05, 0) is 11.5 Å². The van der Waals surface area contributed by atoms with Crippen molar-refractivity contribution >= 4 is 5.91 Å². The molecule has 0 spiro atoms. The largest absolute Gasteiger partial charge is 0.349 e. The van der Waals surface area contributed by atoms with Gasteiger partial charge < -0.3 is 4.90 Å². The van der Waals surface area contributed by atoms with Crippen LogP contribution in [0, 0.1) is 0 Å². The summed E-state index contributed by atoms with van der Waals surface area (Å²) >= 11 is 0. The van der Waals surface area contributed by atoms with Gasteiger partial charge in [-0.15, -0.1) is 0 Å². The molecule has 2 heteroatoms. The van der Waals surface area contributed by atoms with Crippen molar-refractivity contribution in [1.82, 2.24) is 4.90 Å². The van der Waals surface area contributed by atoms with E-state index in [1.165, 1.54) is 5.56 Å². The minimum absolute atomic E-state index is 0.182. The molecule has 2 nitrogen and oxygen atoms in total. The lowest BCUT2D eigenvalue weighted by molar-refractivity contribution is -0.129. The van der Waals surface area contributed by atoms with E-state index in [4.69, 9.17) is 0 Å². The quantitative estimate of drug-likeness (QED) is 0.717. The summed E-state index contributed by atoms with van der Waals surface area (Å²) in [5.41, 5.74) is 1.22. The van der Waals surface area contributed by atoms with Crippen molar-refractivity contribution in [3.8, 4) is 0 Å². The molecule has 1 atom stereocenters. The maximum Gasteiger partial charge on any atom is 0.222 e. The number of rotatable bonds is 3. The van der Waals surface area contributed by atoms with E-state index >= 15 is 0 Å². The van der Waals surface area contributed by atoms with Crippen LogP contribution in [0.3, 0.4) is 0 Å². The lowest BCUT2D eigenvalue weighted by atomic mass is 9.97. The van der Waals surface area contributed by atoms with E-state index in [0.717, 1.165) is 0 Å². The number of hydrogen-bond acceptors (Lipinski definition) is 1. The Morgan fingerprint density at radius 2 is 1.86 bits per heavy atom. The normalized spacial score (nSPS) is 12.2. The van der Waals surface area contributed by atoms with Gasteiger partial charge in [0.15, 0.2) is 0 Å². The van der Waals surface area contributed by atoms with Crippen LogP contribution in [-0.2, 0) is 4.79 Å². The fraction of sp³-hybridized carbons (Fsp3) is 0.417. The fourth-order valence-corrected chi connectivity index (χ4v) is 1.34. The third kappa shape index (κ3) is 2.87. The van der Waals surface area contributed by atoms with Crippen molar-refractivity contribution < 1.29 is 4.79 Å². The Bertz CT molecular complexity index is 292. The van der Waals surface area contributed by atoms with E-state index in [1.807, 2.05) is 18.2 Å². The minimum atomic E-state index is 0.182. The molecule has 0 fully saturated rings. The second-order valence-electron chi connectivity index (χ2n) is 3.80. The number of carbonyl (C=O) groups excluding carboxylic acids is 1. The molecule has 0 heterocycles. The van der Waals surface area contributed by atoms with Crippen LogP contribution in [0.2, 0.25) is 0 Å². The zero-order valence-electron chi connectivity index (χ0n) is 9.03. The van der Waals surface area contributed by atoms with Crippen LogP contribution < -0.4 is 0 Å². The molecular formula is C12H17NO. The van der Waals surface area contributed by atoms with Crippen molar-refractivity contribution in [1.29, 1.82) is 0 Å². The highest BCUT2D eigenvalue weighted by molar-refractivity contribution is 5.76. The molecule has 0 aliphatic heterocycles. The van der Waals surface area contributed by atoms with E-state index in [2.05, 4.69) is 19.1 Å². The standard InChI is InChI=1S/C12H17NO/c1-10(9-12(14)13(2)3)11-7-5-4-6-8-11/h4-8,10H,9H2,1-3H3/t10-/m1/s1. The number of nitrogens with zero attached hydrogens (tertiary/aromatic N) is 1. The SMILES string of the molecule is C[C@H](CC(=O)N(C)C)c1ccccc1. The zero-order chi connectivity index (χ0) is 10.6. The lowest BCUT2D eigenvalue weighted by Gasteiger charge is -2.15. The molecule has 76 valence electrons. The molecule has 0 bridgehead atoms. The van der Waals surface area contributed by atoms with Gasteiger partial charge in [0, 0.05) is 20.5 Å². The molecular weight excluding hydrogens is 174 g/mol. The third-order valence-corrected chi connectivity index (χ3v) is 2.35. The smallest absolute Gasteiger partial charge is 0.222 e. The predicted molar refractivity (Wildman–Crippen MR) is 58.2 cm³/mol. The van der Waals surface area contributed by atoms with Crippen LogP contribution >= 0.6 is 0 Å². The molecule has 1 rings (SSSR count). The molecule has 0 aliphatic rings. The van der Waals surface area contributed by atoms with Crippen LogP contribution in [0.1, 0.15) is 24.8 Å². The summed E-state index contributed by atoms with van der Waals surface area (Å²) in [5, 5.41) is 0. The highest BCUT2D eigenvalue weighted by Crippen LogP contribution is 2.18. The Morgan fingerprint density at radius 1 is 1.29 bits per heavy atom. The summed E-state index contributed by atoms with van der Waals surface area (Å²) in [5.74, 6) is 0.479. The summed E-state index contributed by atoms with van der Waals surface area (Å²) in [4.78, 5) is 13.1. The van der Waals surface area contributed by atoms with E-state index in [9.17, 15) is 4.79 Å². The molecule has 0 aromatic heterocycles. The highest BCUT2D eigenvalue weighted by Gasteiger charge is 2.11. The second-order valence-corrected chi connectivity index (χ2v) is 3.80. The monoisotopic (exact) mass is 191 g/mol. The van der Waals surface area contributed by atoms with Gasteiger partial charge in [-0.25, -0.2) is 0 Å². The van der Waals surface area contributed by atoms with E-state index in [1.54, 1.807) is 19.0 Å². The van der Waals surface area contributed by atoms with Gasteiger partial charge in [0.05, 0.1) is 0 Å². The fourth-order valence-electron chi connectivity index (χ4n) is 1.34. The predicted octanol–water partition coefficient (Wildman–Crippen LogP) is 2.27. The minimum Gasteiger partial charge on any atom is -0.349 e. The van der Waals surface area contributed by atoms with Gasteiger partial charge in [-0.3, -0.25) is 4.79 Å². The van der Waals surface area contributed by atoms with Gasteiger partial charge in [0.2, 0.25) is 5.91 Å². The Morgan fingerprint density at radius 3 is 2.36 bits per heavy atom. The summed E-state index contributed by atoms with van der Waals surface area (Å²) < 4.78 is 0. The Labute approximate surface area is 85.5 Å². The lowest BCUT2D eigenvalue weighted by Crippen LogP contribution is -2.22. The topological polar surface area (TPSA) is 20.3 Å². The molecule has 1 aromatic rings. The van der Waals surface area contributed by atoms with Crippen LogP contribution in [0.25, 0.3) is 0 Å². The molecule has 0 radical (unpaired) electrons. The van der Waals surface area contributed by atoms with E-state index in [0.29, 0.717) is 12.3 Å². The first kappa shape index (κ1) is 10.8. The highest BCUT2D eigenvalue weighted by atomic mass is 16.2. The first-order chi connectivity index (χ1) is 6.61. The molecule has 1 aromatic carbocycles. The third-order valence-electron chi connectivity index (χ3n) is 2.35. The maximum absolute atomic E-state index is 11.5. The first-order valence-electron chi connectivity index (χ1n) is 4.86. The van der Waals surface area contributed by atoms with Crippen LogP contribution in [0.4, 0.5) is 0 Å². The van der Waals surface area contributed by atoms with Gasteiger partial charge in [0.25, 0.3) is 0 Å². The van der Waals surface area contributed by atoms with Crippen molar-refractivity contribution in [2.75, 3.05) is 14.1 Å². The summed E-state index contributed by atoms with van der Waals surface area (Å²) in [7, 11) is 3.58. The van der Waals surface area contributed by atoms with E-state index in [-0.39, 0.29) is 5.91 Å². The Balaban J connectivity index is 2.59. The number of amides is 1. The molecule has 0 unspecified atom stereocenters. The van der Waals surface area contributed by atoms with Gasteiger partial charge in [-0.2, -0.15) is 0 Å². The number of benzene rings is 1. The molecule has 0 N–H and O–H groups in total. The molecule has 0 aliphatic carbocycles. The molecule has 14 heavy (non-hydrogen) atoms. The number of carbonyl (C=O) groups is 1. The van der Waals surface area contributed by atoms with Crippen molar-refractivity contribution in [2.24, 2.45) is 0 Å². The summed E-state index contributed by atoms with van der Waals surface area (Å²) in [6.45, 7) is 2.08. The van der Waals surface area contributed by atoms with Crippen LogP contribution in [0.5, 0.6) is 0 Å². The van der Waals surface area contributed by atoms with Gasteiger partial charge in [-0.1, -0.05) is 37.3 Å². The Hall–Kier alpha value is -1.31. The Kier molecular flexibility index (Phi) is 3.69. The van der Waals surface area contributed by atoms with E-state index < -0.39 is 0 Å². The van der Waals surface area contributed by atoms with Crippen LogP contribution in [-0.4, -0.2) is 24.9 Å². The van der Waals surface area contributed by atoms with Gasteiger partial charge >= 0.3 is 0 Å². The summed E-state index contributed by atoms with van der Waals surface area (Å²) in [6, 6.07) is 10.1. The molecule has 1 amide bonds. The zero-order valence-corrected chi connectivity index (χ0v) is 9.03. The second kappa shape index (κ2) is 4.80. The summed E-state index contributed by atoms with van der Waals surface area (Å²) in [6.07, 6.45) is 0.580. The number of hydrogen-bond donors (Lipinski definition) is 0.